The highest BCUT2D eigenvalue weighted by molar-refractivity contribution is 9.08. The standard InChI is InChI=1S/C13H17Br/c1-3-5-9-13-11(4-2)7-6-8-12(13)10-14/h4,6-8H,2-3,5,9-10H2,1H3. The van der Waals surface area contributed by atoms with Crippen LogP contribution in [0.4, 0.5) is 0 Å². The van der Waals surface area contributed by atoms with E-state index in [1.165, 1.54) is 36.0 Å². The first kappa shape index (κ1) is 11.5. The zero-order valence-electron chi connectivity index (χ0n) is 8.72. The van der Waals surface area contributed by atoms with Crippen LogP contribution in [-0.2, 0) is 11.8 Å². The van der Waals surface area contributed by atoms with Crippen molar-refractivity contribution in [1.82, 2.24) is 0 Å². The lowest BCUT2D eigenvalue weighted by Crippen LogP contribution is -1.95. The molecule has 14 heavy (non-hydrogen) atoms. The summed E-state index contributed by atoms with van der Waals surface area (Å²) in [7, 11) is 0. The average molecular weight is 253 g/mol. The first-order chi connectivity index (χ1) is 6.83. The zero-order chi connectivity index (χ0) is 10.4. The van der Waals surface area contributed by atoms with Gasteiger partial charge in [-0.15, -0.1) is 0 Å². The van der Waals surface area contributed by atoms with Crippen molar-refractivity contribution in [2.75, 3.05) is 0 Å². The number of rotatable bonds is 5. The molecule has 1 heteroatoms. The van der Waals surface area contributed by atoms with Gasteiger partial charge < -0.3 is 0 Å². The molecule has 0 saturated carbocycles. The molecule has 0 aliphatic rings. The van der Waals surface area contributed by atoms with E-state index < -0.39 is 0 Å². The van der Waals surface area contributed by atoms with E-state index in [0.29, 0.717) is 0 Å². The van der Waals surface area contributed by atoms with E-state index in [1.54, 1.807) is 0 Å². The Hall–Kier alpha value is -0.560. The van der Waals surface area contributed by atoms with Gasteiger partial charge in [0.05, 0.1) is 0 Å². The SMILES string of the molecule is C=Cc1cccc(CBr)c1CCCC. The van der Waals surface area contributed by atoms with Crippen LogP contribution >= 0.6 is 15.9 Å². The van der Waals surface area contributed by atoms with Crippen molar-refractivity contribution < 1.29 is 0 Å². The second-order valence-corrected chi connectivity index (χ2v) is 3.99. The monoisotopic (exact) mass is 252 g/mol. The van der Waals surface area contributed by atoms with Crippen LogP contribution in [0.5, 0.6) is 0 Å². The van der Waals surface area contributed by atoms with Gasteiger partial charge in [0, 0.05) is 5.33 Å². The van der Waals surface area contributed by atoms with E-state index in [9.17, 15) is 0 Å². The predicted molar refractivity (Wildman–Crippen MR) is 67.8 cm³/mol. The van der Waals surface area contributed by atoms with E-state index in [1.807, 2.05) is 6.08 Å². The fraction of sp³-hybridized carbons (Fsp3) is 0.385. The Kier molecular flexibility index (Phi) is 4.95. The smallest absolute Gasteiger partial charge is 0.0286 e. The maximum absolute atomic E-state index is 3.86. The third-order valence-corrected chi connectivity index (χ3v) is 3.06. The summed E-state index contributed by atoms with van der Waals surface area (Å²) in [6.45, 7) is 6.09. The van der Waals surface area contributed by atoms with E-state index in [0.717, 1.165) is 5.33 Å². The molecule has 1 aromatic carbocycles. The molecule has 76 valence electrons. The summed E-state index contributed by atoms with van der Waals surface area (Å²) in [6, 6.07) is 6.43. The average Bonchev–Trinajstić information content (AvgIpc) is 2.25. The molecule has 0 atom stereocenters. The van der Waals surface area contributed by atoms with Crippen molar-refractivity contribution in [3.8, 4) is 0 Å². The lowest BCUT2D eigenvalue weighted by atomic mass is 9.97. The molecule has 0 heterocycles. The Labute approximate surface area is 95.2 Å². The van der Waals surface area contributed by atoms with Gasteiger partial charge in [-0.25, -0.2) is 0 Å². The molecule has 0 aromatic heterocycles. The number of benzene rings is 1. The summed E-state index contributed by atoms with van der Waals surface area (Å²) in [5.41, 5.74) is 4.15. The van der Waals surface area contributed by atoms with Crippen molar-refractivity contribution in [2.24, 2.45) is 0 Å². The number of hydrogen-bond donors (Lipinski definition) is 0. The zero-order valence-corrected chi connectivity index (χ0v) is 10.3. The molecule has 0 unspecified atom stereocenters. The van der Waals surface area contributed by atoms with Gasteiger partial charge >= 0.3 is 0 Å². The number of halogens is 1. The molecule has 0 aliphatic heterocycles. The molecule has 0 fully saturated rings. The molecule has 0 aliphatic carbocycles. The fourth-order valence-corrected chi connectivity index (χ4v) is 2.15. The van der Waals surface area contributed by atoms with E-state index in [4.69, 9.17) is 0 Å². The lowest BCUT2D eigenvalue weighted by Gasteiger charge is -2.10. The third kappa shape index (κ3) is 2.71. The second kappa shape index (κ2) is 6.02. The van der Waals surface area contributed by atoms with Crippen LogP contribution in [0.15, 0.2) is 24.8 Å². The third-order valence-electron chi connectivity index (χ3n) is 2.45. The lowest BCUT2D eigenvalue weighted by molar-refractivity contribution is 0.790. The molecule has 0 N–H and O–H groups in total. The molecular formula is C13H17Br. The summed E-state index contributed by atoms with van der Waals surface area (Å²) in [4.78, 5) is 0. The molecule has 0 nitrogen and oxygen atoms in total. The van der Waals surface area contributed by atoms with Crippen molar-refractivity contribution in [2.45, 2.75) is 31.5 Å². The number of alkyl halides is 1. The minimum Gasteiger partial charge on any atom is -0.0985 e. The van der Waals surface area contributed by atoms with Gasteiger partial charge in [-0.05, 0) is 29.5 Å². The largest absolute Gasteiger partial charge is 0.0985 e. The van der Waals surface area contributed by atoms with Crippen LogP contribution in [0.25, 0.3) is 6.08 Å². The Morgan fingerprint density at radius 2 is 2.21 bits per heavy atom. The summed E-state index contributed by atoms with van der Waals surface area (Å²) < 4.78 is 0. The van der Waals surface area contributed by atoms with Crippen molar-refractivity contribution in [3.05, 3.63) is 41.5 Å². The van der Waals surface area contributed by atoms with Crippen LogP contribution in [0.1, 0.15) is 36.5 Å². The van der Waals surface area contributed by atoms with Crippen LogP contribution in [0, 0.1) is 0 Å². The maximum atomic E-state index is 3.86. The van der Waals surface area contributed by atoms with E-state index >= 15 is 0 Å². The Morgan fingerprint density at radius 3 is 2.79 bits per heavy atom. The van der Waals surface area contributed by atoms with Crippen molar-refractivity contribution in [3.63, 3.8) is 0 Å². The molecular weight excluding hydrogens is 236 g/mol. The molecule has 1 rings (SSSR count). The molecule has 0 bridgehead atoms. The number of hydrogen-bond acceptors (Lipinski definition) is 0. The minimum absolute atomic E-state index is 0.938. The van der Waals surface area contributed by atoms with Gasteiger partial charge in [0.25, 0.3) is 0 Å². The quantitative estimate of drug-likeness (QED) is 0.674. The summed E-state index contributed by atoms with van der Waals surface area (Å²) in [6.07, 6.45) is 5.62. The van der Waals surface area contributed by atoms with Crippen LogP contribution in [0.3, 0.4) is 0 Å². The molecule has 0 radical (unpaired) electrons. The molecule has 0 amide bonds. The highest BCUT2D eigenvalue weighted by Crippen LogP contribution is 2.20. The van der Waals surface area contributed by atoms with Gasteiger partial charge in [0.15, 0.2) is 0 Å². The van der Waals surface area contributed by atoms with Gasteiger partial charge in [0.1, 0.15) is 0 Å². The van der Waals surface area contributed by atoms with Gasteiger partial charge in [-0.2, -0.15) is 0 Å². The Morgan fingerprint density at radius 1 is 1.43 bits per heavy atom. The molecule has 0 spiro atoms. The van der Waals surface area contributed by atoms with Crippen LogP contribution < -0.4 is 0 Å². The fourth-order valence-electron chi connectivity index (χ4n) is 1.63. The molecule has 0 saturated heterocycles. The normalized spacial score (nSPS) is 10.1. The minimum atomic E-state index is 0.938. The Balaban J connectivity index is 2.99. The van der Waals surface area contributed by atoms with Gasteiger partial charge in [0.2, 0.25) is 0 Å². The topological polar surface area (TPSA) is 0 Å². The van der Waals surface area contributed by atoms with Crippen molar-refractivity contribution in [1.29, 1.82) is 0 Å². The van der Waals surface area contributed by atoms with E-state index in [-0.39, 0.29) is 0 Å². The summed E-state index contributed by atoms with van der Waals surface area (Å²) >= 11 is 3.53. The first-order valence-corrected chi connectivity index (χ1v) is 6.24. The van der Waals surface area contributed by atoms with Crippen LogP contribution in [0.2, 0.25) is 0 Å². The van der Waals surface area contributed by atoms with E-state index in [2.05, 4.69) is 47.6 Å². The highest BCUT2D eigenvalue weighted by Gasteiger charge is 2.04. The molecule has 1 aromatic rings. The van der Waals surface area contributed by atoms with Gasteiger partial charge in [-0.1, -0.05) is 60.1 Å². The maximum Gasteiger partial charge on any atom is 0.0286 e. The first-order valence-electron chi connectivity index (χ1n) is 5.12. The van der Waals surface area contributed by atoms with Crippen molar-refractivity contribution >= 4 is 22.0 Å². The number of unbranched alkanes of at least 4 members (excludes halogenated alkanes) is 1. The summed E-state index contributed by atoms with van der Waals surface area (Å²) in [5, 5.41) is 0.938. The predicted octanol–water partition coefficient (Wildman–Crippen LogP) is 4.57. The second-order valence-electron chi connectivity index (χ2n) is 3.43. The van der Waals surface area contributed by atoms with Crippen LogP contribution in [-0.4, -0.2) is 0 Å². The Bertz CT molecular complexity index is 302. The van der Waals surface area contributed by atoms with Gasteiger partial charge in [-0.3, -0.25) is 0 Å². The highest BCUT2D eigenvalue weighted by atomic mass is 79.9. The summed E-state index contributed by atoms with van der Waals surface area (Å²) in [5.74, 6) is 0.